The molecule has 0 amide bonds. The number of rotatable bonds is 3. The Morgan fingerprint density at radius 2 is 1.77 bits per heavy atom. The molecule has 260 valence electrons. The van der Waals surface area contributed by atoms with E-state index in [-0.39, 0.29) is 41.5 Å². The van der Waals surface area contributed by atoms with Crippen LogP contribution in [0.5, 0.6) is 11.5 Å². The molecule has 7 fully saturated rings. The quantitative estimate of drug-likeness (QED) is 0.262. The van der Waals surface area contributed by atoms with E-state index in [2.05, 4.69) is 18.7 Å². The van der Waals surface area contributed by atoms with Gasteiger partial charge in [0.2, 0.25) is 0 Å². The van der Waals surface area contributed by atoms with E-state index >= 15 is 0 Å². The van der Waals surface area contributed by atoms with Gasteiger partial charge in [0.1, 0.15) is 23.4 Å². The summed E-state index contributed by atoms with van der Waals surface area (Å²) in [5, 5.41) is 70.9. The summed E-state index contributed by atoms with van der Waals surface area (Å²) in [6, 6.07) is 4.13. The van der Waals surface area contributed by atoms with Gasteiger partial charge in [-0.2, -0.15) is 0 Å². The van der Waals surface area contributed by atoms with E-state index in [4.69, 9.17) is 14.2 Å². The number of piperidine rings is 2. The van der Waals surface area contributed by atoms with E-state index < -0.39 is 69.9 Å². The lowest BCUT2D eigenvalue weighted by Crippen LogP contribution is -2.78. The predicted molar refractivity (Wildman–Crippen MR) is 167 cm³/mol. The predicted octanol–water partition coefficient (Wildman–Crippen LogP) is 1.84. The minimum Gasteiger partial charge on any atom is -0.504 e. The zero-order chi connectivity index (χ0) is 33.5. The van der Waals surface area contributed by atoms with Crippen molar-refractivity contribution in [2.45, 2.75) is 112 Å². The number of esters is 1. The van der Waals surface area contributed by atoms with Gasteiger partial charge in [-0.15, -0.1) is 0 Å². The van der Waals surface area contributed by atoms with Crippen molar-refractivity contribution in [2.24, 2.45) is 40.9 Å². The van der Waals surface area contributed by atoms with Crippen molar-refractivity contribution >= 4 is 5.97 Å². The number of methoxy groups -OCH3 is 1. The van der Waals surface area contributed by atoms with E-state index in [1.165, 1.54) is 25.3 Å². The number of ether oxygens (including phenoxy) is 3. The molecule has 3 saturated heterocycles. The van der Waals surface area contributed by atoms with Crippen molar-refractivity contribution in [1.29, 1.82) is 0 Å². The monoisotopic (exact) mass is 657 g/mol. The average molecular weight is 658 g/mol. The van der Waals surface area contributed by atoms with E-state index in [1.54, 1.807) is 0 Å². The van der Waals surface area contributed by atoms with Gasteiger partial charge < -0.3 is 44.8 Å². The van der Waals surface area contributed by atoms with Crippen LogP contribution in [-0.2, 0) is 9.47 Å². The molecule has 0 radical (unpaired) electrons. The van der Waals surface area contributed by atoms with Crippen LogP contribution in [0, 0.1) is 40.9 Å². The van der Waals surface area contributed by atoms with Gasteiger partial charge in [0.05, 0.1) is 36.6 Å². The molecular formula is C36H51NO10. The van der Waals surface area contributed by atoms with Crippen LogP contribution in [0.2, 0.25) is 0 Å². The van der Waals surface area contributed by atoms with Gasteiger partial charge in [0.25, 0.3) is 0 Å². The highest BCUT2D eigenvalue weighted by Crippen LogP contribution is 2.74. The molecule has 4 aliphatic carbocycles. The Labute approximate surface area is 275 Å². The maximum Gasteiger partial charge on any atom is 0.338 e. The largest absolute Gasteiger partial charge is 0.504 e. The van der Waals surface area contributed by atoms with Crippen molar-refractivity contribution in [2.75, 3.05) is 26.8 Å². The third kappa shape index (κ3) is 3.96. The summed E-state index contributed by atoms with van der Waals surface area (Å²) in [7, 11) is 1.40. The standard InChI is InChI=1S/C36H51NO10/c1-18-5-10-26-33(3,42)28-20(16-37(26)15-18)21-14-35-25(36(21,44)30(40)29(28)39)9-8-24-32(35,2)12-11-27(34(24,43)17-46-35)47-31(41)19-6-7-22(38)23(13-19)45-4/h6-7,13,18,20-21,24-30,38-40,42-44H,5,8-12,14-17H2,1-4H3/t18-,20-,21-,24-,25+,26-,27-,28+,29+,30-,32-,33+,34+,35+,36-/m0/s1. The molecule has 0 aromatic heterocycles. The number of fused-ring (bicyclic) bond motifs is 5. The molecule has 3 aliphatic heterocycles. The molecule has 11 heteroatoms. The second-order valence-electron chi connectivity index (χ2n) is 16.8. The van der Waals surface area contributed by atoms with Crippen LogP contribution in [0.25, 0.3) is 0 Å². The molecule has 7 aliphatic rings. The van der Waals surface area contributed by atoms with E-state index in [0.717, 1.165) is 19.4 Å². The summed E-state index contributed by atoms with van der Waals surface area (Å²) in [6.45, 7) is 7.56. The van der Waals surface area contributed by atoms with Gasteiger partial charge >= 0.3 is 5.97 Å². The first-order valence-corrected chi connectivity index (χ1v) is 17.6. The average Bonchev–Trinajstić information content (AvgIpc) is 3.29. The van der Waals surface area contributed by atoms with Gasteiger partial charge in [0, 0.05) is 42.3 Å². The summed E-state index contributed by atoms with van der Waals surface area (Å²) >= 11 is 0. The van der Waals surface area contributed by atoms with Crippen LogP contribution in [0.15, 0.2) is 18.2 Å². The lowest BCUT2D eigenvalue weighted by Gasteiger charge is -2.69. The fourth-order valence-electron chi connectivity index (χ4n) is 12.8. The third-order valence-corrected chi connectivity index (χ3v) is 14.9. The molecule has 4 bridgehead atoms. The summed E-state index contributed by atoms with van der Waals surface area (Å²) in [6.07, 6.45) is 0.733. The molecular weight excluding hydrogens is 606 g/mol. The third-order valence-electron chi connectivity index (χ3n) is 14.9. The number of carbonyl (C=O) groups excluding carboxylic acids is 1. The van der Waals surface area contributed by atoms with Gasteiger partial charge in [-0.05, 0) is 87.8 Å². The molecule has 15 atom stereocenters. The zero-order valence-electron chi connectivity index (χ0n) is 27.8. The highest BCUT2D eigenvalue weighted by Gasteiger charge is 2.82. The fourth-order valence-corrected chi connectivity index (χ4v) is 12.8. The molecule has 11 nitrogen and oxygen atoms in total. The van der Waals surface area contributed by atoms with Gasteiger partial charge in [-0.1, -0.05) is 13.8 Å². The van der Waals surface area contributed by atoms with Crippen molar-refractivity contribution < 1.29 is 49.6 Å². The van der Waals surface area contributed by atoms with E-state index in [0.29, 0.717) is 44.6 Å². The van der Waals surface area contributed by atoms with Gasteiger partial charge in [-0.25, -0.2) is 4.79 Å². The van der Waals surface area contributed by atoms with Crippen molar-refractivity contribution in [3.05, 3.63) is 23.8 Å². The second kappa shape index (κ2) is 10.3. The summed E-state index contributed by atoms with van der Waals surface area (Å²) in [4.78, 5) is 15.7. The lowest BCUT2D eigenvalue weighted by molar-refractivity contribution is -0.350. The molecule has 8 rings (SSSR count). The minimum absolute atomic E-state index is 0.0838. The van der Waals surface area contributed by atoms with Crippen LogP contribution in [-0.4, -0.2) is 115 Å². The number of benzene rings is 1. The first-order chi connectivity index (χ1) is 22.1. The SMILES string of the molecule is COc1cc(C(=O)O[C@H]2CC[C@@]3(C)[C@@H]4CC[C@H]5[C@]6(O)[C@@H](O)[C@H](O)[C@H]7[C@@H](CN8C[C@@H](C)CC[C@H]8[C@@]7(C)O)[C@@H]6C[C@@]53OC[C@]24O)ccc1O. The molecule has 4 saturated carbocycles. The summed E-state index contributed by atoms with van der Waals surface area (Å²) < 4.78 is 18.0. The molecule has 1 aromatic carbocycles. The number of nitrogens with zero attached hydrogens (tertiary/aromatic N) is 1. The topological polar surface area (TPSA) is 169 Å². The number of aliphatic hydroxyl groups is 5. The molecule has 1 aromatic rings. The Hall–Kier alpha value is -1.99. The Kier molecular flexibility index (Phi) is 7.05. The number of carbonyl (C=O) groups is 1. The van der Waals surface area contributed by atoms with Crippen LogP contribution in [0.3, 0.4) is 0 Å². The molecule has 6 N–H and O–H groups in total. The smallest absolute Gasteiger partial charge is 0.338 e. The molecule has 3 heterocycles. The normalized spacial score (nSPS) is 53.2. The summed E-state index contributed by atoms with van der Waals surface area (Å²) in [5.41, 5.74) is -5.57. The minimum atomic E-state index is -1.62. The maximum absolute atomic E-state index is 13.3. The molecule has 0 unspecified atom stereocenters. The van der Waals surface area contributed by atoms with Gasteiger partial charge in [0.15, 0.2) is 11.5 Å². The first-order valence-electron chi connectivity index (χ1n) is 17.6. The van der Waals surface area contributed by atoms with Crippen molar-refractivity contribution in [1.82, 2.24) is 4.90 Å². The van der Waals surface area contributed by atoms with Crippen LogP contribution >= 0.6 is 0 Å². The van der Waals surface area contributed by atoms with Crippen molar-refractivity contribution in [3.8, 4) is 11.5 Å². The zero-order valence-corrected chi connectivity index (χ0v) is 27.8. The Morgan fingerprint density at radius 3 is 2.51 bits per heavy atom. The number of aliphatic hydroxyl groups excluding tert-OH is 2. The van der Waals surface area contributed by atoms with Gasteiger partial charge in [-0.3, -0.25) is 4.90 Å². The highest BCUT2D eigenvalue weighted by atomic mass is 16.6. The van der Waals surface area contributed by atoms with E-state index in [9.17, 15) is 35.4 Å². The lowest BCUT2D eigenvalue weighted by atomic mass is 9.44. The number of phenolic OH excluding ortho intramolecular Hbond substituents is 1. The van der Waals surface area contributed by atoms with Crippen molar-refractivity contribution in [3.63, 3.8) is 0 Å². The number of phenols is 1. The second-order valence-corrected chi connectivity index (χ2v) is 16.8. The summed E-state index contributed by atoms with van der Waals surface area (Å²) in [5.74, 6) is -2.10. The van der Waals surface area contributed by atoms with E-state index in [1.807, 2.05) is 6.92 Å². The fraction of sp³-hybridized carbons (Fsp3) is 0.806. The first kappa shape index (κ1) is 32.2. The molecule has 47 heavy (non-hydrogen) atoms. The Bertz CT molecular complexity index is 1450. The maximum atomic E-state index is 13.3. The Balaban J connectivity index is 1.11. The highest BCUT2D eigenvalue weighted by molar-refractivity contribution is 5.90. The number of hydrogen-bond donors (Lipinski definition) is 6. The number of aromatic hydroxyl groups is 1. The number of hydrogen-bond acceptors (Lipinski definition) is 11. The Morgan fingerprint density at radius 1 is 1.02 bits per heavy atom. The van der Waals surface area contributed by atoms with Crippen LogP contribution in [0.1, 0.15) is 76.1 Å². The van der Waals surface area contributed by atoms with Crippen LogP contribution in [0.4, 0.5) is 0 Å². The van der Waals surface area contributed by atoms with Crippen LogP contribution < -0.4 is 4.74 Å². The molecule has 1 spiro atoms.